The Morgan fingerprint density at radius 1 is 0.293 bits per heavy atom. The Bertz CT molecular complexity index is 3570. The van der Waals surface area contributed by atoms with Crippen LogP contribution in [0.4, 0.5) is 0 Å². The van der Waals surface area contributed by atoms with Crippen molar-refractivity contribution in [2.75, 3.05) is 0 Å². The summed E-state index contributed by atoms with van der Waals surface area (Å²) in [6.07, 6.45) is 0. The molecule has 3 aromatic heterocycles. The smallest absolute Gasteiger partial charge is 0.164 e. The fraction of sp³-hybridized carbons (Fsp3) is 0. The molecule has 9 aromatic carbocycles. The predicted molar refractivity (Wildman–Crippen MR) is 237 cm³/mol. The van der Waals surface area contributed by atoms with E-state index in [1.807, 2.05) is 36.4 Å². The van der Waals surface area contributed by atoms with Crippen LogP contribution in [0.25, 0.3) is 122 Å². The Morgan fingerprint density at radius 3 is 1.66 bits per heavy atom. The number of nitrogens with zero attached hydrogens (tertiary/aromatic N) is 3. The van der Waals surface area contributed by atoms with Gasteiger partial charge >= 0.3 is 0 Å². The molecule has 12 rings (SSSR count). The van der Waals surface area contributed by atoms with E-state index in [0.717, 1.165) is 104 Å². The van der Waals surface area contributed by atoms with E-state index in [1.54, 1.807) is 0 Å². The molecule has 5 nitrogen and oxygen atoms in total. The maximum Gasteiger partial charge on any atom is 0.164 e. The summed E-state index contributed by atoms with van der Waals surface area (Å²) in [6.45, 7) is 0. The van der Waals surface area contributed by atoms with Gasteiger partial charge in [0, 0.05) is 43.6 Å². The van der Waals surface area contributed by atoms with Crippen LogP contribution >= 0.6 is 0 Å². The van der Waals surface area contributed by atoms with Crippen LogP contribution < -0.4 is 0 Å². The predicted octanol–water partition coefficient (Wildman–Crippen LogP) is 14.3. The molecule has 0 saturated carbocycles. The minimum absolute atomic E-state index is 0.563. The fourth-order valence-electron chi connectivity index (χ4n) is 8.50. The zero-order valence-electron chi connectivity index (χ0n) is 31.1. The summed E-state index contributed by atoms with van der Waals surface area (Å²) >= 11 is 0. The molecule has 0 aliphatic rings. The van der Waals surface area contributed by atoms with Gasteiger partial charge in [-0.15, -0.1) is 0 Å². The molecule has 0 unspecified atom stereocenters. The van der Waals surface area contributed by atoms with Crippen LogP contribution in [0, 0.1) is 0 Å². The summed E-state index contributed by atoms with van der Waals surface area (Å²) in [5.74, 6) is 1.75. The van der Waals surface area contributed by atoms with Crippen LogP contribution in [0.1, 0.15) is 0 Å². The molecular weight excluding hydrogens is 711 g/mol. The van der Waals surface area contributed by atoms with Crippen molar-refractivity contribution in [1.29, 1.82) is 0 Å². The van der Waals surface area contributed by atoms with Gasteiger partial charge in [0.05, 0.1) is 0 Å². The number of fused-ring (bicyclic) bond motifs is 9. The molecule has 12 aromatic rings. The zero-order valence-corrected chi connectivity index (χ0v) is 31.1. The number of rotatable bonds is 5. The first-order chi connectivity index (χ1) is 28.7. The fourth-order valence-corrected chi connectivity index (χ4v) is 8.50. The van der Waals surface area contributed by atoms with Crippen molar-refractivity contribution >= 4 is 65.4 Å². The lowest BCUT2D eigenvalue weighted by atomic mass is 9.93. The van der Waals surface area contributed by atoms with E-state index < -0.39 is 0 Å². The highest BCUT2D eigenvalue weighted by molar-refractivity contribution is 6.22. The summed E-state index contributed by atoms with van der Waals surface area (Å²) in [4.78, 5) is 15.8. The highest BCUT2D eigenvalue weighted by Gasteiger charge is 2.22. The van der Waals surface area contributed by atoms with E-state index in [0.29, 0.717) is 17.5 Å². The highest BCUT2D eigenvalue weighted by atomic mass is 16.3. The van der Waals surface area contributed by atoms with E-state index >= 15 is 0 Å². The van der Waals surface area contributed by atoms with Crippen LogP contribution in [0.5, 0.6) is 0 Å². The van der Waals surface area contributed by atoms with Gasteiger partial charge in [-0.25, -0.2) is 15.0 Å². The molecule has 5 heteroatoms. The number of hydrogen-bond donors (Lipinski definition) is 0. The number of para-hydroxylation sites is 2. The zero-order chi connectivity index (χ0) is 38.2. The molecular formula is C53H31N3O2. The Labute approximate surface area is 332 Å². The normalized spacial score (nSPS) is 11.8. The molecule has 0 fully saturated rings. The van der Waals surface area contributed by atoms with E-state index in [9.17, 15) is 0 Å². The van der Waals surface area contributed by atoms with Crippen molar-refractivity contribution < 1.29 is 8.83 Å². The van der Waals surface area contributed by atoms with Crippen molar-refractivity contribution in [3.8, 4) is 56.4 Å². The second-order valence-corrected chi connectivity index (χ2v) is 14.8. The van der Waals surface area contributed by atoms with E-state index in [-0.39, 0.29) is 0 Å². The summed E-state index contributed by atoms with van der Waals surface area (Å²) in [7, 11) is 0. The first kappa shape index (κ1) is 32.4. The second-order valence-electron chi connectivity index (χ2n) is 14.8. The molecule has 0 saturated heterocycles. The minimum Gasteiger partial charge on any atom is -0.456 e. The average Bonchev–Trinajstić information content (AvgIpc) is 3.88. The Kier molecular flexibility index (Phi) is 7.16. The lowest BCUT2D eigenvalue weighted by Gasteiger charge is -2.13. The molecule has 58 heavy (non-hydrogen) atoms. The van der Waals surface area contributed by atoms with Gasteiger partial charge < -0.3 is 8.83 Å². The van der Waals surface area contributed by atoms with Crippen molar-refractivity contribution in [3.05, 3.63) is 188 Å². The molecule has 0 spiro atoms. The summed E-state index contributed by atoms with van der Waals surface area (Å²) in [6, 6.07) is 65.1. The lowest BCUT2D eigenvalue weighted by molar-refractivity contribution is 0.669. The van der Waals surface area contributed by atoms with Gasteiger partial charge in [-0.1, -0.05) is 152 Å². The van der Waals surface area contributed by atoms with Crippen LogP contribution in [0.3, 0.4) is 0 Å². The van der Waals surface area contributed by atoms with E-state index in [2.05, 4.69) is 152 Å². The Morgan fingerprint density at radius 2 is 0.862 bits per heavy atom. The SMILES string of the molecule is c1ccc(-c2ccc(-c3nc(-c4ccc5ccccc5c4)nc(-c4cc(-c5cc6ccccc6c6oc7ccccc7c56)cc5oc6ccccc6c45)n3)cc2)cc1. The third kappa shape index (κ3) is 5.21. The molecule has 0 N–H and O–H groups in total. The van der Waals surface area contributed by atoms with Gasteiger partial charge in [0.15, 0.2) is 17.5 Å². The Hall–Kier alpha value is -7.89. The largest absolute Gasteiger partial charge is 0.456 e. The third-order valence-corrected chi connectivity index (χ3v) is 11.3. The molecule has 0 bridgehead atoms. The Balaban J connectivity index is 1.14. The summed E-state index contributed by atoms with van der Waals surface area (Å²) in [5, 5.41) is 8.51. The number of aromatic nitrogens is 3. The maximum absolute atomic E-state index is 6.68. The first-order valence-electron chi connectivity index (χ1n) is 19.4. The minimum atomic E-state index is 0.563. The van der Waals surface area contributed by atoms with E-state index in [1.165, 1.54) is 0 Å². The van der Waals surface area contributed by atoms with Gasteiger partial charge in [-0.2, -0.15) is 0 Å². The molecule has 0 aliphatic carbocycles. The molecule has 270 valence electrons. The monoisotopic (exact) mass is 741 g/mol. The van der Waals surface area contributed by atoms with Crippen LogP contribution in [-0.2, 0) is 0 Å². The van der Waals surface area contributed by atoms with Gasteiger partial charge in [0.2, 0.25) is 0 Å². The van der Waals surface area contributed by atoms with Crippen molar-refractivity contribution in [2.24, 2.45) is 0 Å². The molecule has 3 heterocycles. The third-order valence-electron chi connectivity index (χ3n) is 11.3. The maximum atomic E-state index is 6.68. The summed E-state index contributed by atoms with van der Waals surface area (Å²) in [5.41, 5.74) is 10.2. The van der Waals surface area contributed by atoms with Crippen LogP contribution in [-0.4, -0.2) is 15.0 Å². The van der Waals surface area contributed by atoms with E-state index in [4.69, 9.17) is 23.8 Å². The number of hydrogen-bond acceptors (Lipinski definition) is 5. The number of benzene rings is 9. The van der Waals surface area contributed by atoms with Gasteiger partial charge in [0.25, 0.3) is 0 Å². The number of furan rings is 2. The van der Waals surface area contributed by atoms with Crippen LogP contribution in [0.15, 0.2) is 197 Å². The lowest BCUT2D eigenvalue weighted by Crippen LogP contribution is -2.01. The van der Waals surface area contributed by atoms with Gasteiger partial charge in [-0.3, -0.25) is 0 Å². The molecule has 0 radical (unpaired) electrons. The van der Waals surface area contributed by atoms with Gasteiger partial charge in [-0.05, 0) is 74.8 Å². The molecule has 0 atom stereocenters. The highest BCUT2D eigenvalue weighted by Crippen LogP contribution is 2.45. The average molecular weight is 742 g/mol. The second kappa shape index (κ2) is 12.8. The summed E-state index contributed by atoms with van der Waals surface area (Å²) < 4.78 is 13.3. The van der Waals surface area contributed by atoms with Gasteiger partial charge in [0.1, 0.15) is 22.3 Å². The quantitative estimate of drug-likeness (QED) is 0.176. The van der Waals surface area contributed by atoms with Crippen molar-refractivity contribution in [2.45, 2.75) is 0 Å². The topological polar surface area (TPSA) is 65.0 Å². The van der Waals surface area contributed by atoms with Crippen molar-refractivity contribution in [1.82, 2.24) is 15.0 Å². The molecule has 0 amide bonds. The standard InChI is InChI=1S/C53H31N3O2/c1-2-12-32(13-3-1)34-22-25-35(26-23-34)51-54-52(38-27-24-33-14-4-5-15-36(33)28-38)56-53(55-51)44-30-39(31-47-48(44)41-18-8-10-20-45(41)57-47)43-29-37-16-6-7-17-40(37)50-49(43)42-19-9-11-21-46(42)58-50/h1-31H. The first-order valence-corrected chi connectivity index (χ1v) is 19.4. The molecule has 0 aliphatic heterocycles. The van der Waals surface area contributed by atoms with Crippen LogP contribution in [0.2, 0.25) is 0 Å². The van der Waals surface area contributed by atoms with Crippen molar-refractivity contribution in [3.63, 3.8) is 0 Å².